The zero-order valence-corrected chi connectivity index (χ0v) is 16.1. The van der Waals surface area contributed by atoms with Crippen molar-refractivity contribution in [3.05, 3.63) is 71.8 Å². The molecule has 0 amide bonds. The first-order valence-electron chi connectivity index (χ1n) is 10.6. The Morgan fingerprint density at radius 3 is 1.78 bits per heavy atom. The highest BCUT2D eigenvalue weighted by atomic mass is 16.5. The van der Waals surface area contributed by atoms with Gasteiger partial charge in [-0.1, -0.05) is 48.5 Å². The Labute approximate surface area is 162 Å². The van der Waals surface area contributed by atoms with Crippen LogP contribution in [0.5, 0.6) is 0 Å². The van der Waals surface area contributed by atoms with Crippen molar-refractivity contribution in [1.29, 1.82) is 0 Å². The lowest BCUT2D eigenvalue weighted by Crippen LogP contribution is -2.29. The molecule has 2 saturated carbocycles. The molecule has 0 heterocycles. The molecule has 2 aliphatic rings. The van der Waals surface area contributed by atoms with Gasteiger partial charge in [-0.3, -0.25) is 0 Å². The number of carbonyl (C=O) groups is 1. The van der Waals surface area contributed by atoms with Gasteiger partial charge in [0.25, 0.3) is 0 Å². The summed E-state index contributed by atoms with van der Waals surface area (Å²) in [6, 6.07) is 20.4. The van der Waals surface area contributed by atoms with E-state index in [2.05, 4.69) is 30.3 Å². The van der Waals surface area contributed by atoms with Crippen molar-refractivity contribution >= 4 is 5.97 Å². The number of carbonyl (C=O) groups excluding carboxylic acids is 1. The summed E-state index contributed by atoms with van der Waals surface area (Å²) in [5.41, 5.74) is 2.19. The lowest BCUT2D eigenvalue weighted by atomic mass is 9.69. The van der Waals surface area contributed by atoms with E-state index in [4.69, 9.17) is 4.74 Å². The van der Waals surface area contributed by atoms with Crippen LogP contribution < -0.4 is 0 Å². The third-order valence-electron chi connectivity index (χ3n) is 6.71. The molecule has 4 rings (SSSR count). The summed E-state index contributed by atoms with van der Waals surface area (Å²) in [5.74, 6) is 2.29. The van der Waals surface area contributed by atoms with E-state index in [0.29, 0.717) is 5.56 Å². The summed E-state index contributed by atoms with van der Waals surface area (Å²) in [4.78, 5) is 12.2. The Kier molecular flexibility index (Phi) is 5.91. The average molecular weight is 363 g/mol. The second-order valence-electron chi connectivity index (χ2n) is 8.33. The molecular formula is C25H30O2. The molecule has 2 heteroatoms. The van der Waals surface area contributed by atoms with Crippen LogP contribution in [0.15, 0.2) is 60.7 Å². The standard InChI is InChI=1S/C25H30O2/c26-25(23-9-5-2-6-10-23)27-24-17-15-22(16-18-24)21-13-11-20(12-14-21)19-7-3-1-4-8-19/h1-10,20-22,24H,11-18H2. The minimum Gasteiger partial charge on any atom is -0.459 e. The molecule has 142 valence electrons. The summed E-state index contributed by atoms with van der Waals surface area (Å²) in [6.45, 7) is 0. The maximum atomic E-state index is 12.2. The summed E-state index contributed by atoms with van der Waals surface area (Å²) in [6.07, 6.45) is 9.98. The molecule has 0 radical (unpaired) electrons. The van der Waals surface area contributed by atoms with Crippen LogP contribution >= 0.6 is 0 Å². The topological polar surface area (TPSA) is 26.3 Å². The van der Waals surface area contributed by atoms with Gasteiger partial charge in [0.15, 0.2) is 0 Å². The molecule has 0 aliphatic heterocycles. The van der Waals surface area contributed by atoms with Gasteiger partial charge in [-0.25, -0.2) is 4.79 Å². The first-order chi connectivity index (χ1) is 13.3. The first-order valence-corrected chi connectivity index (χ1v) is 10.6. The largest absolute Gasteiger partial charge is 0.459 e. The number of rotatable bonds is 4. The summed E-state index contributed by atoms with van der Waals surface area (Å²) in [7, 11) is 0. The van der Waals surface area contributed by atoms with Crippen molar-refractivity contribution in [1.82, 2.24) is 0 Å². The van der Waals surface area contributed by atoms with Crippen LogP contribution in [0.4, 0.5) is 0 Å². The van der Waals surface area contributed by atoms with Crippen LogP contribution in [-0.4, -0.2) is 12.1 Å². The first kappa shape index (κ1) is 18.3. The third kappa shape index (κ3) is 4.61. The zero-order valence-electron chi connectivity index (χ0n) is 16.1. The fourth-order valence-electron chi connectivity index (χ4n) is 5.12. The molecule has 0 bridgehead atoms. The fourth-order valence-corrected chi connectivity index (χ4v) is 5.12. The molecule has 2 fully saturated rings. The Morgan fingerprint density at radius 2 is 1.19 bits per heavy atom. The highest BCUT2D eigenvalue weighted by Crippen LogP contribution is 2.43. The van der Waals surface area contributed by atoms with E-state index in [1.807, 2.05) is 30.3 Å². The molecule has 2 nitrogen and oxygen atoms in total. The van der Waals surface area contributed by atoms with Crippen molar-refractivity contribution in [2.45, 2.75) is 63.4 Å². The zero-order chi connectivity index (χ0) is 18.5. The number of ether oxygens (including phenoxy) is 1. The van der Waals surface area contributed by atoms with Crippen LogP contribution in [0, 0.1) is 11.8 Å². The lowest BCUT2D eigenvalue weighted by molar-refractivity contribution is 0.0115. The van der Waals surface area contributed by atoms with Gasteiger partial charge in [-0.15, -0.1) is 0 Å². The van der Waals surface area contributed by atoms with Gasteiger partial charge < -0.3 is 4.74 Å². The smallest absolute Gasteiger partial charge is 0.338 e. The maximum absolute atomic E-state index is 12.2. The minimum atomic E-state index is -0.164. The maximum Gasteiger partial charge on any atom is 0.338 e. The van der Waals surface area contributed by atoms with Gasteiger partial charge in [-0.05, 0) is 86.8 Å². The van der Waals surface area contributed by atoms with E-state index in [1.165, 1.54) is 44.1 Å². The van der Waals surface area contributed by atoms with E-state index in [1.54, 1.807) is 0 Å². The van der Waals surface area contributed by atoms with Crippen LogP contribution in [0.3, 0.4) is 0 Å². The lowest BCUT2D eigenvalue weighted by Gasteiger charge is -2.37. The highest BCUT2D eigenvalue weighted by Gasteiger charge is 2.32. The van der Waals surface area contributed by atoms with Gasteiger partial charge >= 0.3 is 5.97 Å². The van der Waals surface area contributed by atoms with E-state index >= 15 is 0 Å². The number of benzene rings is 2. The van der Waals surface area contributed by atoms with Gasteiger partial charge in [-0.2, -0.15) is 0 Å². The third-order valence-corrected chi connectivity index (χ3v) is 6.71. The molecule has 0 unspecified atom stereocenters. The number of esters is 1. The van der Waals surface area contributed by atoms with Crippen LogP contribution in [0.2, 0.25) is 0 Å². The quantitative estimate of drug-likeness (QED) is 0.590. The summed E-state index contributed by atoms with van der Waals surface area (Å²) < 4.78 is 5.75. The Hall–Kier alpha value is -2.09. The second kappa shape index (κ2) is 8.73. The van der Waals surface area contributed by atoms with E-state index in [0.717, 1.165) is 30.6 Å². The summed E-state index contributed by atoms with van der Waals surface area (Å²) in [5, 5.41) is 0. The van der Waals surface area contributed by atoms with Crippen molar-refractivity contribution in [3.8, 4) is 0 Å². The predicted octanol–water partition coefficient (Wildman–Crippen LogP) is 6.38. The predicted molar refractivity (Wildman–Crippen MR) is 109 cm³/mol. The van der Waals surface area contributed by atoms with Gasteiger partial charge in [0.2, 0.25) is 0 Å². The van der Waals surface area contributed by atoms with Crippen LogP contribution in [-0.2, 0) is 4.74 Å². The van der Waals surface area contributed by atoms with Crippen molar-refractivity contribution in [2.75, 3.05) is 0 Å². The molecule has 0 saturated heterocycles. The van der Waals surface area contributed by atoms with Gasteiger partial charge in [0.1, 0.15) is 6.10 Å². The van der Waals surface area contributed by atoms with E-state index < -0.39 is 0 Å². The molecular weight excluding hydrogens is 332 g/mol. The Morgan fingerprint density at radius 1 is 0.667 bits per heavy atom. The Balaban J connectivity index is 1.22. The fraction of sp³-hybridized carbons (Fsp3) is 0.480. The molecule has 0 spiro atoms. The molecule has 2 aliphatic carbocycles. The number of hydrogen-bond acceptors (Lipinski definition) is 2. The molecule has 0 N–H and O–H groups in total. The molecule has 2 aromatic carbocycles. The van der Waals surface area contributed by atoms with Crippen molar-refractivity contribution < 1.29 is 9.53 Å². The van der Waals surface area contributed by atoms with Gasteiger partial charge in [0, 0.05) is 0 Å². The van der Waals surface area contributed by atoms with Crippen LogP contribution in [0.1, 0.15) is 73.2 Å². The monoisotopic (exact) mass is 362 g/mol. The average Bonchev–Trinajstić information content (AvgIpc) is 2.76. The van der Waals surface area contributed by atoms with Crippen molar-refractivity contribution in [2.24, 2.45) is 11.8 Å². The number of hydrogen-bond donors (Lipinski definition) is 0. The molecule has 2 aromatic rings. The van der Waals surface area contributed by atoms with Crippen LogP contribution in [0.25, 0.3) is 0 Å². The molecule has 27 heavy (non-hydrogen) atoms. The van der Waals surface area contributed by atoms with E-state index in [-0.39, 0.29) is 12.1 Å². The minimum absolute atomic E-state index is 0.106. The normalized spacial score (nSPS) is 28.4. The Bertz CT molecular complexity index is 709. The molecule has 0 aromatic heterocycles. The van der Waals surface area contributed by atoms with Crippen molar-refractivity contribution in [3.63, 3.8) is 0 Å². The molecule has 0 atom stereocenters. The second-order valence-corrected chi connectivity index (χ2v) is 8.33. The highest BCUT2D eigenvalue weighted by molar-refractivity contribution is 5.89. The van der Waals surface area contributed by atoms with E-state index in [9.17, 15) is 4.79 Å². The van der Waals surface area contributed by atoms with Gasteiger partial charge in [0.05, 0.1) is 5.56 Å². The SMILES string of the molecule is O=C(OC1CCC(C2CCC(c3ccccc3)CC2)CC1)c1ccccc1. The summed E-state index contributed by atoms with van der Waals surface area (Å²) >= 11 is 0.